The van der Waals surface area contributed by atoms with Crippen molar-refractivity contribution in [2.45, 2.75) is 31.3 Å². The third-order valence-corrected chi connectivity index (χ3v) is 7.65. The third kappa shape index (κ3) is 6.74. The van der Waals surface area contributed by atoms with Gasteiger partial charge in [0.2, 0.25) is 10.0 Å². The van der Waals surface area contributed by atoms with Crippen LogP contribution in [0.25, 0.3) is 6.08 Å². The Kier molecular flexibility index (Phi) is 7.68. The molecule has 0 atom stereocenters. The van der Waals surface area contributed by atoms with E-state index in [2.05, 4.69) is 0 Å². The highest BCUT2D eigenvalue weighted by Gasteiger charge is 2.23. The van der Waals surface area contributed by atoms with Crippen molar-refractivity contribution in [3.05, 3.63) is 101 Å². The molecular formula is C24H24FNO5S2. The zero-order valence-corrected chi connectivity index (χ0v) is 19.8. The fraction of sp³-hybridized carbons (Fsp3) is 0.167. The first-order valence-electron chi connectivity index (χ1n) is 10.1. The maximum absolute atomic E-state index is 13.0. The number of benzene rings is 3. The minimum absolute atomic E-state index is 0.0611. The fourth-order valence-corrected chi connectivity index (χ4v) is 5.31. The van der Waals surface area contributed by atoms with E-state index in [1.165, 1.54) is 21.8 Å². The predicted molar refractivity (Wildman–Crippen MR) is 126 cm³/mol. The molecule has 0 aliphatic carbocycles. The van der Waals surface area contributed by atoms with Crippen molar-refractivity contribution >= 4 is 26.2 Å². The summed E-state index contributed by atoms with van der Waals surface area (Å²) in [6, 6.07) is 19.2. The monoisotopic (exact) mass is 489 g/mol. The second-order valence-electron chi connectivity index (χ2n) is 7.53. The van der Waals surface area contributed by atoms with Crippen LogP contribution >= 0.6 is 0 Å². The van der Waals surface area contributed by atoms with Gasteiger partial charge < -0.3 is 4.18 Å². The van der Waals surface area contributed by atoms with Gasteiger partial charge in [0, 0.05) is 18.0 Å². The standard InChI is InChI=1S/C24H24FNO5S2/c1-19(2)26(32(27,28)17-16-20-6-4-3-5-7-20)18-21-8-12-23(13-9-21)31-33(29,30)24-14-10-22(25)11-15-24/h3-17,19H,18H2,1-2H3/b17-16+. The highest BCUT2D eigenvalue weighted by atomic mass is 32.2. The quantitative estimate of drug-likeness (QED) is 0.403. The van der Waals surface area contributed by atoms with E-state index in [-0.39, 0.29) is 23.2 Å². The minimum Gasteiger partial charge on any atom is -0.379 e. The van der Waals surface area contributed by atoms with E-state index in [0.29, 0.717) is 5.56 Å². The van der Waals surface area contributed by atoms with Gasteiger partial charge in [-0.1, -0.05) is 42.5 Å². The van der Waals surface area contributed by atoms with E-state index >= 15 is 0 Å². The lowest BCUT2D eigenvalue weighted by atomic mass is 10.2. The third-order valence-electron chi connectivity index (χ3n) is 4.70. The van der Waals surface area contributed by atoms with Gasteiger partial charge in [-0.2, -0.15) is 12.7 Å². The molecule has 0 heterocycles. The van der Waals surface area contributed by atoms with Gasteiger partial charge in [0.1, 0.15) is 16.5 Å². The largest absolute Gasteiger partial charge is 0.379 e. The maximum atomic E-state index is 13.0. The first-order chi connectivity index (χ1) is 15.6. The summed E-state index contributed by atoms with van der Waals surface area (Å²) in [4.78, 5) is -0.171. The predicted octanol–water partition coefficient (Wildman–Crippen LogP) is 4.80. The Hall–Kier alpha value is -3.01. The van der Waals surface area contributed by atoms with E-state index < -0.39 is 26.0 Å². The molecule has 0 aliphatic rings. The molecule has 0 amide bonds. The Labute approximate surface area is 194 Å². The first-order valence-corrected chi connectivity index (χ1v) is 13.0. The molecule has 0 unspecified atom stereocenters. The summed E-state index contributed by atoms with van der Waals surface area (Å²) in [5.74, 6) is -0.493. The number of rotatable bonds is 9. The van der Waals surface area contributed by atoms with Crippen molar-refractivity contribution in [1.29, 1.82) is 0 Å². The minimum atomic E-state index is -4.12. The molecule has 0 aliphatic heterocycles. The van der Waals surface area contributed by atoms with Crippen molar-refractivity contribution in [1.82, 2.24) is 4.31 Å². The molecule has 0 radical (unpaired) electrons. The second kappa shape index (κ2) is 10.3. The molecule has 0 bridgehead atoms. The van der Waals surface area contributed by atoms with Crippen LogP contribution in [-0.4, -0.2) is 27.2 Å². The average Bonchev–Trinajstić information content (AvgIpc) is 2.77. The lowest BCUT2D eigenvalue weighted by Crippen LogP contribution is -2.35. The summed E-state index contributed by atoms with van der Waals surface area (Å²) >= 11 is 0. The number of hydrogen-bond acceptors (Lipinski definition) is 5. The smallest absolute Gasteiger partial charge is 0.339 e. The van der Waals surface area contributed by atoms with Crippen molar-refractivity contribution < 1.29 is 25.4 Å². The van der Waals surface area contributed by atoms with E-state index in [0.717, 1.165) is 29.8 Å². The number of hydrogen-bond donors (Lipinski definition) is 0. The average molecular weight is 490 g/mol. The van der Waals surface area contributed by atoms with Gasteiger partial charge in [-0.25, -0.2) is 12.8 Å². The molecule has 3 aromatic rings. The summed E-state index contributed by atoms with van der Waals surface area (Å²) in [5, 5.41) is 1.18. The van der Waals surface area contributed by atoms with E-state index in [1.807, 2.05) is 30.3 Å². The number of sulfonamides is 1. The van der Waals surface area contributed by atoms with Crippen LogP contribution < -0.4 is 4.18 Å². The van der Waals surface area contributed by atoms with E-state index in [9.17, 15) is 21.2 Å². The molecular weight excluding hydrogens is 465 g/mol. The Morgan fingerprint density at radius 1 is 0.879 bits per heavy atom. The molecule has 0 fully saturated rings. The molecule has 0 spiro atoms. The van der Waals surface area contributed by atoms with Gasteiger partial charge in [-0.3, -0.25) is 0 Å². The summed E-state index contributed by atoms with van der Waals surface area (Å²) in [7, 11) is -7.82. The van der Waals surface area contributed by atoms with Gasteiger partial charge >= 0.3 is 10.1 Å². The number of halogens is 1. The van der Waals surface area contributed by atoms with Gasteiger partial charge in [0.05, 0.1) is 0 Å². The van der Waals surface area contributed by atoms with Gasteiger partial charge in [-0.15, -0.1) is 0 Å². The van der Waals surface area contributed by atoms with Crippen LogP contribution in [0.5, 0.6) is 5.75 Å². The molecule has 9 heteroatoms. The first kappa shape index (κ1) is 24.6. The van der Waals surface area contributed by atoms with Gasteiger partial charge in [0.25, 0.3) is 0 Å². The summed E-state index contributed by atoms with van der Waals surface area (Å²) in [6.45, 7) is 3.66. The highest BCUT2D eigenvalue weighted by Crippen LogP contribution is 2.22. The van der Waals surface area contributed by atoms with Crippen LogP contribution in [-0.2, 0) is 26.7 Å². The Morgan fingerprint density at radius 3 is 2.06 bits per heavy atom. The molecule has 0 aromatic heterocycles. The summed E-state index contributed by atoms with van der Waals surface area (Å²) < 4.78 is 70.0. The maximum Gasteiger partial charge on any atom is 0.339 e. The Bertz CT molecular complexity index is 1300. The van der Waals surface area contributed by atoms with Crippen molar-refractivity contribution in [3.8, 4) is 5.75 Å². The van der Waals surface area contributed by atoms with Gasteiger partial charge in [-0.05, 0) is 67.4 Å². The molecule has 3 rings (SSSR count). The van der Waals surface area contributed by atoms with Crippen LogP contribution in [0.2, 0.25) is 0 Å². The molecule has 174 valence electrons. The molecule has 0 saturated carbocycles. The normalized spacial score (nSPS) is 12.5. The SMILES string of the molecule is CC(C)N(Cc1ccc(OS(=O)(=O)c2ccc(F)cc2)cc1)S(=O)(=O)/C=C/c1ccccc1. The van der Waals surface area contributed by atoms with Crippen LogP contribution in [0.4, 0.5) is 4.39 Å². The molecule has 0 saturated heterocycles. The molecule has 6 nitrogen and oxygen atoms in total. The second-order valence-corrected chi connectivity index (χ2v) is 10.9. The topological polar surface area (TPSA) is 80.8 Å². The van der Waals surface area contributed by atoms with Crippen LogP contribution in [0.3, 0.4) is 0 Å². The molecule has 3 aromatic carbocycles. The lowest BCUT2D eigenvalue weighted by molar-refractivity contribution is 0.353. The molecule has 0 N–H and O–H groups in total. The Morgan fingerprint density at radius 2 is 1.48 bits per heavy atom. The van der Waals surface area contributed by atoms with E-state index in [1.54, 1.807) is 32.1 Å². The van der Waals surface area contributed by atoms with Gasteiger partial charge in [0.15, 0.2) is 0 Å². The summed E-state index contributed by atoms with van der Waals surface area (Å²) in [5.41, 5.74) is 1.43. The number of nitrogens with zero attached hydrogens (tertiary/aromatic N) is 1. The van der Waals surface area contributed by atoms with Crippen LogP contribution in [0, 0.1) is 5.82 Å². The summed E-state index contributed by atoms with van der Waals surface area (Å²) in [6.07, 6.45) is 1.54. The van der Waals surface area contributed by atoms with Crippen LogP contribution in [0.1, 0.15) is 25.0 Å². The van der Waals surface area contributed by atoms with Crippen molar-refractivity contribution in [2.75, 3.05) is 0 Å². The fourth-order valence-electron chi connectivity index (χ4n) is 2.98. The highest BCUT2D eigenvalue weighted by molar-refractivity contribution is 7.92. The zero-order valence-electron chi connectivity index (χ0n) is 18.1. The van der Waals surface area contributed by atoms with Crippen molar-refractivity contribution in [3.63, 3.8) is 0 Å². The molecule has 33 heavy (non-hydrogen) atoms. The Balaban J connectivity index is 1.73. The van der Waals surface area contributed by atoms with E-state index in [4.69, 9.17) is 4.18 Å². The zero-order chi connectivity index (χ0) is 24.1. The van der Waals surface area contributed by atoms with Crippen LogP contribution in [0.15, 0.2) is 89.2 Å². The van der Waals surface area contributed by atoms with Crippen molar-refractivity contribution in [2.24, 2.45) is 0 Å². The lowest BCUT2D eigenvalue weighted by Gasteiger charge is -2.24.